The van der Waals surface area contributed by atoms with Gasteiger partial charge in [-0.15, -0.1) is 11.8 Å². The summed E-state index contributed by atoms with van der Waals surface area (Å²) in [6.07, 6.45) is 1.78. The molecule has 1 rings (SSSR count). The van der Waals surface area contributed by atoms with Gasteiger partial charge in [0.15, 0.2) is 0 Å². The first-order valence-corrected chi connectivity index (χ1v) is 6.88. The number of hydrogen-bond acceptors (Lipinski definition) is 3. The Bertz CT molecular complexity index is 325. The SMILES string of the molecule is CC(C)C(C)CSc1nocc1C(C)(C)C. The maximum Gasteiger partial charge on any atom is 0.143 e. The van der Waals surface area contributed by atoms with Crippen LogP contribution in [-0.4, -0.2) is 10.9 Å². The molecule has 0 saturated carbocycles. The standard InChI is InChI=1S/C13H23NOS/c1-9(2)10(3)8-16-12-11(7-15-14-12)13(4,5)6/h7,9-10H,8H2,1-6H3. The first kappa shape index (κ1) is 13.6. The van der Waals surface area contributed by atoms with Gasteiger partial charge < -0.3 is 4.52 Å². The molecule has 0 amide bonds. The fourth-order valence-electron chi connectivity index (χ4n) is 1.23. The minimum atomic E-state index is 0.114. The summed E-state index contributed by atoms with van der Waals surface area (Å²) in [5.41, 5.74) is 1.33. The lowest BCUT2D eigenvalue weighted by atomic mass is 9.90. The second-order valence-electron chi connectivity index (χ2n) is 5.82. The minimum Gasteiger partial charge on any atom is -0.363 e. The molecule has 0 fully saturated rings. The molecule has 1 aromatic rings. The molecule has 0 bridgehead atoms. The molecule has 1 heterocycles. The van der Waals surface area contributed by atoms with Crippen LogP contribution in [0.5, 0.6) is 0 Å². The quantitative estimate of drug-likeness (QED) is 0.733. The highest BCUT2D eigenvalue weighted by Gasteiger charge is 2.22. The van der Waals surface area contributed by atoms with Crippen molar-refractivity contribution in [2.75, 3.05) is 5.75 Å². The van der Waals surface area contributed by atoms with Crippen molar-refractivity contribution in [3.05, 3.63) is 11.8 Å². The largest absolute Gasteiger partial charge is 0.363 e. The third-order valence-corrected chi connectivity index (χ3v) is 4.23. The Kier molecular flexibility index (Phi) is 4.48. The molecule has 0 saturated heterocycles. The topological polar surface area (TPSA) is 26.0 Å². The molecule has 0 radical (unpaired) electrons. The van der Waals surface area contributed by atoms with E-state index in [0.717, 1.165) is 16.7 Å². The summed E-state index contributed by atoms with van der Waals surface area (Å²) in [6, 6.07) is 0. The maximum absolute atomic E-state index is 5.09. The van der Waals surface area contributed by atoms with Crippen molar-refractivity contribution in [3.63, 3.8) is 0 Å². The normalized spacial score (nSPS) is 14.4. The molecule has 0 N–H and O–H groups in total. The maximum atomic E-state index is 5.09. The van der Waals surface area contributed by atoms with E-state index in [0.29, 0.717) is 5.92 Å². The summed E-state index contributed by atoms with van der Waals surface area (Å²) in [7, 11) is 0. The third kappa shape index (κ3) is 3.55. The van der Waals surface area contributed by atoms with Crippen LogP contribution in [0, 0.1) is 11.8 Å². The Labute approximate surface area is 103 Å². The number of hydrogen-bond donors (Lipinski definition) is 0. The van der Waals surface area contributed by atoms with Crippen molar-refractivity contribution < 1.29 is 4.52 Å². The second-order valence-corrected chi connectivity index (χ2v) is 6.82. The highest BCUT2D eigenvalue weighted by Crippen LogP contribution is 2.33. The molecule has 0 spiro atoms. The van der Waals surface area contributed by atoms with Gasteiger partial charge in [0.2, 0.25) is 0 Å². The first-order chi connectivity index (χ1) is 7.32. The van der Waals surface area contributed by atoms with Crippen molar-refractivity contribution in [3.8, 4) is 0 Å². The molecule has 0 aliphatic heterocycles. The van der Waals surface area contributed by atoms with Crippen LogP contribution in [0.15, 0.2) is 15.8 Å². The Morgan fingerprint density at radius 1 is 1.31 bits per heavy atom. The molecule has 16 heavy (non-hydrogen) atoms. The number of aromatic nitrogens is 1. The van der Waals surface area contributed by atoms with E-state index in [1.54, 1.807) is 6.26 Å². The van der Waals surface area contributed by atoms with Crippen molar-refractivity contribution in [2.24, 2.45) is 11.8 Å². The molecule has 92 valence electrons. The Morgan fingerprint density at radius 3 is 2.44 bits per heavy atom. The molecule has 0 aliphatic carbocycles. The van der Waals surface area contributed by atoms with E-state index in [1.165, 1.54) is 5.56 Å². The van der Waals surface area contributed by atoms with E-state index < -0.39 is 0 Å². The van der Waals surface area contributed by atoms with E-state index in [4.69, 9.17) is 4.52 Å². The van der Waals surface area contributed by atoms with Crippen LogP contribution in [0.25, 0.3) is 0 Å². The summed E-state index contributed by atoms with van der Waals surface area (Å²) < 4.78 is 5.09. The van der Waals surface area contributed by atoms with Crippen LogP contribution in [0.3, 0.4) is 0 Å². The van der Waals surface area contributed by atoms with Crippen LogP contribution < -0.4 is 0 Å². The van der Waals surface area contributed by atoms with E-state index in [2.05, 4.69) is 46.7 Å². The monoisotopic (exact) mass is 241 g/mol. The highest BCUT2D eigenvalue weighted by atomic mass is 32.2. The highest BCUT2D eigenvalue weighted by molar-refractivity contribution is 7.99. The van der Waals surface area contributed by atoms with Crippen LogP contribution in [0.2, 0.25) is 0 Å². The Balaban J connectivity index is 2.65. The zero-order chi connectivity index (χ0) is 12.3. The van der Waals surface area contributed by atoms with Gasteiger partial charge in [0, 0.05) is 11.3 Å². The third-order valence-electron chi connectivity index (χ3n) is 2.97. The van der Waals surface area contributed by atoms with Gasteiger partial charge >= 0.3 is 0 Å². The van der Waals surface area contributed by atoms with Gasteiger partial charge in [-0.2, -0.15) is 0 Å². The van der Waals surface area contributed by atoms with Crippen molar-refractivity contribution in [1.82, 2.24) is 5.16 Å². The van der Waals surface area contributed by atoms with Gasteiger partial charge in [-0.05, 0) is 17.3 Å². The summed E-state index contributed by atoms with van der Waals surface area (Å²) in [6.45, 7) is 13.4. The zero-order valence-corrected chi connectivity index (χ0v) is 12.0. The number of thioether (sulfide) groups is 1. The number of nitrogens with zero attached hydrogens (tertiary/aromatic N) is 1. The lowest BCUT2D eigenvalue weighted by Crippen LogP contribution is -2.12. The van der Waals surface area contributed by atoms with E-state index in [9.17, 15) is 0 Å². The summed E-state index contributed by atoms with van der Waals surface area (Å²) >= 11 is 1.81. The van der Waals surface area contributed by atoms with Gasteiger partial charge in [0.05, 0.1) is 0 Å². The smallest absolute Gasteiger partial charge is 0.143 e. The fourth-order valence-corrected chi connectivity index (χ4v) is 2.64. The minimum absolute atomic E-state index is 0.114. The predicted molar refractivity (Wildman–Crippen MR) is 69.9 cm³/mol. The molecule has 1 aromatic heterocycles. The Hall–Kier alpha value is -0.440. The van der Waals surface area contributed by atoms with Crippen molar-refractivity contribution in [1.29, 1.82) is 0 Å². The van der Waals surface area contributed by atoms with Crippen LogP contribution in [-0.2, 0) is 5.41 Å². The molecule has 1 atom stereocenters. The van der Waals surface area contributed by atoms with Gasteiger partial charge in [-0.25, -0.2) is 0 Å². The Morgan fingerprint density at radius 2 is 1.94 bits per heavy atom. The van der Waals surface area contributed by atoms with Crippen LogP contribution >= 0.6 is 11.8 Å². The van der Waals surface area contributed by atoms with E-state index in [1.807, 2.05) is 11.8 Å². The van der Waals surface area contributed by atoms with Crippen LogP contribution in [0.4, 0.5) is 0 Å². The molecule has 0 aliphatic rings. The molecular formula is C13H23NOS. The van der Waals surface area contributed by atoms with E-state index >= 15 is 0 Å². The van der Waals surface area contributed by atoms with Crippen molar-refractivity contribution in [2.45, 2.75) is 52.0 Å². The average molecular weight is 241 g/mol. The van der Waals surface area contributed by atoms with Gasteiger partial charge in [-0.3, -0.25) is 0 Å². The molecule has 0 aromatic carbocycles. The average Bonchev–Trinajstić information content (AvgIpc) is 2.60. The van der Waals surface area contributed by atoms with Gasteiger partial charge in [0.25, 0.3) is 0 Å². The van der Waals surface area contributed by atoms with Crippen LogP contribution in [0.1, 0.15) is 47.1 Å². The summed E-state index contributed by atoms with van der Waals surface area (Å²) in [4.78, 5) is 0. The molecule has 2 nitrogen and oxygen atoms in total. The first-order valence-electron chi connectivity index (χ1n) is 5.90. The molecular weight excluding hydrogens is 218 g/mol. The fraction of sp³-hybridized carbons (Fsp3) is 0.769. The van der Waals surface area contributed by atoms with E-state index in [-0.39, 0.29) is 5.41 Å². The molecule has 1 unspecified atom stereocenters. The van der Waals surface area contributed by atoms with Crippen molar-refractivity contribution >= 4 is 11.8 Å². The lowest BCUT2D eigenvalue weighted by molar-refractivity contribution is 0.402. The van der Waals surface area contributed by atoms with Gasteiger partial charge in [-0.1, -0.05) is 46.7 Å². The zero-order valence-electron chi connectivity index (χ0n) is 11.2. The number of rotatable bonds is 4. The predicted octanol–water partition coefficient (Wildman–Crippen LogP) is 4.36. The summed E-state index contributed by atoms with van der Waals surface area (Å²) in [5.74, 6) is 2.53. The lowest BCUT2D eigenvalue weighted by Gasteiger charge is -2.18. The van der Waals surface area contributed by atoms with Gasteiger partial charge in [0.1, 0.15) is 11.3 Å². The summed E-state index contributed by atoms with van der Waals surface area (Å²) in [5, 5.41) is 5.16. The second kappa shape index (κ2) is 5.26. The molecule has 3 heteroatoms.